The van der Waals surface area contributed by atoms with Crippen molar-refractivity contribution in [3.8, 4) is 0 Å². The number of hydrogen-bond donors (Lipinski definition) is 1. The molecule has 1 aromatic rings. The molecule has 0 heterocycles. The van der Waals surface area contributed by atoms with Crippen molar-refractivity contribution in [1.82, 2.24) is 5.32 Å². The lowest BCUT2D eigenvalue weighted by Gasteiger charge is -2.19. The largest absolute Gasteiger partial charge is 0.317 e. The highest BCUT2D eigenvalue weighted by molar-refractivity contribution is 6.42. The maximum Gasteiger partial charge on any atom is 0.0595 e. The van der Waals surface area contributed by atoms with Crippen molar-refractivity contribution in [2.75, 3.05) is 13.1 Å². The molecule has 3 heteroatoms. The van der Waals surface area contributed by atoms with Crippen LogP contribution in [-0.2, 0) is 6.42 Å². The van der Waals surface area contributed by atoms with Crippen LogP contribution in [0.15, 0.2) is 18.2 Å². The van der Waals surface area contributed by atoms with Crippen molar-refractivity contribution in [2.45, 2.75) is 33.6 Å². The van der Waals surface area contributed by atoms with Crippen LogP contribution in [0.1, 0.15) is 32.8 Å². The van der Waals surface area contributed by atoms with Gasteiger partial charge in [0.1, 0.15) is 0 Å². The number of nitrogens with one attached hydrogen (secondary N) is 1. The molecule has 1 nitrogen and oxygen atoms in total. The van der Waals surface area contributed by atoms with E-state index in [2.05, 4.69) is 32.2 Å². The Morgan fingerprint density at radius 1 is 1.17 bits per heavy atom. The minimum atomic E-state index is 0.632. The zero-order valence-corrected chi connectivity index (χ0v) is 13.0. The summed E-state index contributed by atoms with van der Waals surface area (Å²) in [4.78, 5) is 0. The molecule has 0 amide bonds. The lowest BCUT2D eigenvalue weighted by Crippen LogP contribution is -2.25. The van der Waals surface area contributed by atoms with Crippen LogP contribution in [0.3, 0.4) is 0 Å². The third kappa shape index (κ3) is 5.60. The van der Waals surface area contributed by atoms with Gasteiger partial charge in [-0.05, 0) is 55.5 Å². The molecule has 0 radical (unpaired) electrons. The summed E-state index contributed by atoms with van der Waals surface area (Å²) in [5, 5.41) is 4.73. The molecule has 102 valence electrons. The lowest BCUT2D eigenvalue weighted by atomic mass is 9.91. The molecule has 0 saturated heterocycles. The van der Waals surface area contributed by atoms with E-state index in [1.807, 2.05) is 12.1 Å². The predicted octanol–water partition coefficient (Wildman–Crippen LogP) is 4.81. The quantitative estimate of drug-likeness (QED) is 0.759. The molecule has 1 rings (SSSR count). The van der Waals surface area contributed by atoms with E-state index < -0.39 is 0 Å². The van der Waals surface area contributed by atoms with Crippen molar-refractivity contribution in [3.63, 3.8) is 0 Å². The zero-order chi connectivity index (χ0) is 13.5. The Morgan fingerprint density at radius 2 is 1.89 bits per heavy atom. The molecule has 0 aliphatic heterocycles. The summed E-state index contributed by atoms with van der Waals surface area (Å²) >= 11 is 12.0. The predicted molar refractivity (Wildman–Crippen MR) is 81.7 cm³/mol. The molecule has 1 N–H and O–H groups in total. The smallest absolute Gasteiger partial charge is 0.0595 e. The number of rotatable bonds is 7. The first-order chi connectivity index (χ1) is 8.52. The fourth-order valence-corrected chi connectivity index (χ4v) is 2.57. The first kappa shape index (κ1) is 15.8. The molecule has 0 aliphatic rings. The van der Waals surface area contributed by atoms with Gasteiger partial charge in [0, 0.05) is 0 Å². The van der Waals surface area contributed by atoms with E-state index in [0.29, 0.717) is 16.0 Å². The summed E-state index contributed by atoms with van der Waals surface area (Å²) in [6, 6.07) is 5.95. The Labute approximate surface area is 121 Å². The molecule has 0 aliphatic carbocycles. The highest BCUT2D eigenvalue weighted by Crippen LogP contribution is 2.25. The van der Waals surface area contributed by atoms with Crippen molar-refractivity contribution < 1.29 is 0 Å². The van der Waals surface area contributed by atoms with Crippen LogP contribution in [0, 0.1) is 11.8 Å². The highest BCUT2D eigenvalue weighted by Gasteiger charge is 2.12. The molecular weight excluding hydrogens is 265 g/mol. The average molecular weight is 288 g/mol. The third-order valence-corrected chi connectivity index (χ3v) is 3.74. The second-order valence-corrected chi connectivity index (χ2v) is 6.07. The monoisotopic (exact) mass is 287 g/mol. The van der Waals surface area contributed by atoms with Crippen LogP contribution in [0.4, 0.5) is 0 Å². The first-order valence-corrected chi connectivity index (χ1v) is 7.43. The Morgan fingerprint density at radius 3 is 2.44 bits per heavy atom. The van der Waals surface area contributed by atoms with E-state index >= 15 is 0 Å². The zero-order valence-electron chi connectivity index (χ0n) is 11.5. The fraction of sp³-hybridized carbons (Fsp3) is 0.600. The van der Waals surface area contributed by atoms with Crippen LogP contribution in [0.2, 0.25) is 10.0 Å². The van der Waals surface area contributed by atoms with Gasteiger partial charge in [-0.1, -0.05) is 50.0 Å². The molecule has 1 atom stereocenters. The van der Waals surface area contributed by atoms with Gasteiger partial charge in [-0.25, -0.2) is 0 Å². The van der Waals surface area contributed by atoms with E-state index in [0.717, 1.165) is 25.4 Å². The van der Waals surface area contributed by atoms with Crippen LogP contribution in [-0.4, -0.2) is 13.1 Å². The molecule has 1 aromatic carbocycles. The third-order valence-electron chi connectivity index (χ3n) is 3.00. The highest BCUT2D eigenvalue weighted by atomic mass is 35.5. The number of benzene rings is 1. The molecule has 1 unspecified atom stereocenters. The van der Waals surface area contributed by atoms with E-state index in [4.69, 9.17) is 23.2 Å². The normalized spacial score (nSPS) is 13.0. The van der Waals surface area contributed by atoms with Crippen LogP contribution in [0.5, 0.6) is 0 Å². The topological polar surface area (TPSA) is 12.0 Å². The standard InChI is InChI=1S/C15H23Cl2N/c1-4-18-10-13(7-11(2)3)8-12-5-6-14(16)15(17)9-12/h5-6,9,11,13,18H,4,7-8,10H2,1-3H3. The average Bonchev–Trinajstić information content (AvgIpc) is 2.30. The van der Waals surface area contributed by atoms with E-state index in [9.17, 15) is 0 Å². The molecule has 0 bridgehead atoms. The Balaban J connectivity index is 2.65. The Hall–Kier alpha value is -0.240. The first-order valence-electron chi connectivity index (χ1n) is 6.67. The number of hydrogen-bond acceptors (Lipinski definition) is 1. The van der Waals surface area contributed by atoms with Crippen LogP contribution < -0.4 is 5.32 Å². The van der Waals surface area contributed by atoms with Gasteiger partial charge in [0.25, 0.3) is 0 Å². The van der Waals surface area contributed by atoms with Gasteiger partial charge < -0.3 is 5.32 Å². The Kier molecular flexibility index (Phi) is 7.06. The SMILES string of the molecule is CCNCC(Cc1ccc(Cl)c(Cl)c1)CC(C)C. The molecule has 18 heavy (non-hydrogen) atoms. The van der Waals surface area contributed by atoms with E-state index in [-0.39, 0.29) is 0 Å². The van der Waals surface area contributed by atoms with Crippen molar-refractivity contribution in [2.24, 2.45) is 11.8 Å². The van der Waals surface area contributed by atoms with E-state index in [1.165, 1.54) is 12.0 Å². The van der Waals surface area contributed by atoms with E-state index in [1.54, 1.807) is 0 Å². The van der Waals surface area contributed by atoms with Gasteiger partial charge >= 0.3 is 0 Å². The van der Waals surface area contributed by atoms with Crippen molar-refractivity contribution >= 4 is 23.2 Å². The van der Waals surface area contributed by atoms with Gasteiger partial charge in [0.15, 0.2) is 0 Å². The maximum atomic E-state index is 6.06. The molecule has 0 aromatic heterocycles. The fourth-order valence-electron chi connectivity index (χ4n) is 2.25. The van der Waals surface area contributed by atoms with Gasteiger partial charge in [0.05, 0.1) is 10.0 Å². The molecule has 0 saturated carbocycles. The maximum absolute atomic E-state index is 6.06. The summed E-state index contributed by atoms with van der Waals surface area (Å²) in [6.07, 6.45) is 2.29. The lowest BCUT2D eigenvalue weighted by molar-refractivity contribution is 0.388. The summed E-state index contributed by atoms with van der Waals surface area (Å²) in [6.45, 7) is 8.78. The summed E-state index contributed by atoms with van der Waals surface area (Å²) in [5.41, 5.74) is 1.27. The number of halogens is 2. The molecular formula is C15H23Cl2N. The minimum Gasteiger partial charge on any atom is -0.317 e. The Bertz CT molecular complexity index is 364. The molecule has 0 fully saturated rings. The van der Waals surface area contributed by atoms with Gasteiger partial charge in [-0.15, -0.1) is 0 Å². The second kappa shape index (κ2) is 8.04. The summed E-state index contributed by atoms with van der Waals surface area (Å²) in [7, 11) is 0. The second-order valence-electron chi connectivity index (χ2n) is 5.26. The minimum absolute atomic E-state index is 0.632. The molecule has 0 spiro atoms. The van der Waals surface area contributed by atoms with Gasteiger partial charge in [-0.3, -0.25) is 0 Å². The van der Waals surface area contributed by atoms with Crippen LogP contribution in [0.25, 0.3) is 0 Å². The summed E-state index contributed by atoms with van der Waals surface area (Å²) < 4.78 is 0. The van der Waals surface area contributed by atoms with Crippen molar-refractivity contribution in [3.05, 3.63) is 33.8 Å². The van der Waals surface area contributed by atoms with Gasteiger partial charge in [0.2, 0.25) is 0 Å². The summed E-state index contributed by atoms with van der Waals surface area (Å²) in [5.74, 6) is 1.37. The van der Waals surface area contributed by atoms with Gasteiger partial charge in [-0.2, -0.15) is 0 Å². The van der Waals surface area contributed by atoms with Crippen LogP contribution >= 0.6 is 23.2 Å². The van der Waals surface area contributed by atoms with Crippen molar-refractivity contribution in [1.29, 1.82) is 0 Å².